The van der Waals surface area contributed by atoms with E-state index in [0.717, 1.165) is 0 Å². The van der Waals surface area contributed by atoms with Crippen molar-refractivity contribution in [1.29, 1.82) is 5.26 Å². The normalized spacial score (nSPS) is 19.8. The van der Waals surface area contributed by atoms with Crippen molar-refractivity contribution in [2.45, 2.75) is 5.54 Å². The molecule has 0 saturated carbocycles. The van der Waals surface area contributed by atoms with Gasteiger partial charge in [0.05, 0.1) is 11.0 Å². The fraction of sp³-hybridized carbons (Fsp3) is 0.0833. The average molecular weight is 411 g/mol. The highest BCUT2D eigenvalue weighted by atomic mass is 16.6. The van der Waals surface area contributed by atoms with Crippen molar-refractivity contribution in [2.24, 2.45) is 5.92 Å². The van der Waals surface area contributed by atoms with E-state index in [4.69, 9.17) is 4.74 Å². The number of hydrogen-bond donors (Lipinski definition) is 1. The first-order chi connectivity index (χ1) is 15.0. The van der Waals surface area contributed by atoms with Gasteiger partial charge in [-0.05, 0) is 53.6 Å². The highest BCUT2D eigenvalue weighted by molar-refractivity contribution is 5.96. The summed E-state index contributed by atoms with van der Waals surface area (Å²) in [5, 5.41) is 24.1. The van der Waals surface area contributed by atoms with Gasteiger partial charge in [0, 0.05) is 18.3 Å². The second-order valence-electron chi connectivity index (χ2n) is 6.99. The van der Waals surface area contributed by atoms with E-state index in [1.807, 2.05) is 30.3 Å². The number of nitrogens with one attached hydrogen (secondary N) is 1. The average Bonchev–Trinajstić information content (AvgIpc) is 2.80. The molecule has 0 fully saturated rings. The number of ether oxygens (including phenoxy) is 1. The summed E-state index contributed by atoms with van der Waals surface area (Å²) in [6.07, 6.45) is 2.83. The first-order valence-electron chi connectivity index (χ1n) is 9.50. The number of nitro groups is 1. The number of nitrogens with zero attached hydrogens (tertiary/aromatic N) is 2. The number of nitriles is 1. The molecule has 0 aromatic heterocycles. The maximum atomic E-state index is 12.6. The number of carbonyl (C=O) groups excluding carboxylic acids is 1. The van der Waals surface area contributed by atoms with E-state index in [0.29, 0.717) is 22.6 Å². The van der Waals surface area contributed by atoms with Gasteiger partial charge in [-0.1, -0.05) is 30.3 Å². The molecular weight excluding hydrogens is 394 g/mol. The highest BCUT2D eigenvalue weighted by Crippen LogP contribution is 2.40. The van der Waals surface area contributed by atoms with Crippen molar-refractivity contribution >= 4 is 11.5 Å². The van der Waals surface area contributed by atoms with E-state index in [-0.39, 0.29) is 11.5 Å². The van der Waals surface area contributed by atoms with Gasteiger partial charge < -0.3 is 10.1 Å². The zero-order chi connectivity index (χ0) is 21.8. The smallest absolute Gasteiger partial charge is 0.269 e. The van der Waals surface area contributed by atoms with E-state index in [1.165, 1.54) is 24.4 Å². The van der Waals surface area contributed by atoms with Gasteiger partial charge in [0.2, 0.25) is 0 Å². The minimum absolute atomic E-state index is 0.0725. The first kappa shape index (κ1) is 19.9. The number of benzene rings is 3. The summed E-state index contributed by atoms with van der Waals surface area (Å²) in [4.78, 5) is 23.2. The van der Waals surface area contributed by atoms with Gasteiger partial charge in [-0.25, -0.2) is 0 Å². The maximum absolute atomic E-state index is 12.6. The molecule has 1 aliphatic heterocycles. The van der Waals surface area contributed by atoms with Crippen LogP contribution in [0.15, 0.2) is 91.1 Å². The Bertz CT molecular complexity index is 1180. The number of hydrogen-bond acceptors (Lipinski definition) is 6. The molecule has 3 aromatic rings. The van der Waals surface area contributed by atoms with Crippen molar-refractivity contribution in [3.05, 3.63) is 112 Å². The van der Waals surface area contributed by atoms with Gasteiger partial charge in [0.1, 0.15) is 23.0 Å². The number of ketones is 1. The lowest BCUT2D eigenvalue weighted by atomic mass is 9.70. The van der Waals surface area contributed by atoms with Crippen molar-refractivity contribution in [2.75, 3.05) is 0 Å². The molecule has 3 aromatic carbocycles. The minimum Gasteiger partial charge on any atom is -0.457 e. The predicted octanol–water partition coefficient (Wildman–Crippen LogP) is 4.46. The summed E-state index contributed by atoms with van der Waals surface area (Å²) in [5.41, 5.74) is -0.0390. The van der Waals surface area contributed by atoms with Gasteiger partial charge in [0.15, 0.2) is 5.78 Å². The summed E-state index contributed by atoms with van der Waals surface area (Å²) in [5.74, 6) is -0.117. The van der Waals surface area contributed by atoms with Crippen molar-refractivity contribution < 1.29 is 14.5 Å². The van der Waals surface area contributed by atoms with Crippen LogP contribution >= 0.6 is 0 Å². The summed E-state index contributed by atoms with van der Waals surface area (Å²) in [6, 6.07) is 24.4. The molecule has 152 valence electrons. The van der Waals surface area contributed by atoms with Crippen LogP contribution in [0.5, 0.6) is 11.5 Å². The minimum atomic E-state index is -1.19. The van der Waals surface area contributed by atoms with Crippen LogP contribution in [0.1, 0.15) is 11.1 Å². The molecule has 7 nitrogen and oxygen atoms in total. The van der Waals surface area contributed by atoms with Crippen LogP contribution in [0.2, 0.25) is 0 Å². The summed E-state index contributed by atoms with van der Waals surface area (Å²) in [7, 11) is 0. The van der Waals surface area contributed by atoms with E-state index in [1.54, 1.807) is 36.4 Å². The molecule has 0 aliphatic carbocycles. The van der Waals surface area contributed by atoms with Crippen LogP contribution in [0.3, 0.4) is 0 Å². The van der Waals surface area contributed by atoms with Gasteiger partial charge >= 0.3 is 0 Å². The molecule has 7 heteroatoms. The molecule has 1 N–H and O–H groups in total. The molecule has 0 saturated heterocycles. The fourth-order valence-corrected chi connectivity index (χ4v) is 3.73. The molecule has 1 heterocycles. The lowest BCUT2D eigenvalue weighted by molar-refractivity contribution is -0.384. The molecule has 31 heavy (non-hydrogen) atoms. The summed E-state index contributed by atoms with van der Waals surface area (Å²) in [6.45, 7) is 0. The lowest BCUT2D eigenvalue weighted by Gasteiger charge is -2.40. The van der Waals surface area contributed by atoms with Crippen LogP contribution < -0.4 is 10.1 Å². The Morgan fingerprint density at radius 2 is 1.52 bits per heavy atom. The van der Waals surface area contributed by atoms with Gasteiger partial charge in [0.25, 0.3) is 5.69 Å². The summed E-state index contributed by atoms with van der Waals surface area (Å²) < 4.78 is 5.83. The molecule has 0 bridgehead atoms. The Hall–Kier alpha value is -4.44. The third-order valence-electron chi connectivity index (χ3n) is 5.23. The summed E-state index contributed by atoms with van der Waals surface area (Å²) >= 11 is 0. The Balaban J connectivity index is 1.78. The van der Waals surface area contributed by atoms with Crippen LogP contribution in [0.25, 0.3) is 0 Å². The molecule has 0 amide bonds. The number of nitro benzene ring substituents is 1. The van der Waals surface area contributed by atoms with E-state index in [9.17, 15) is 20.2 Å². The zero-order valence-corrected chi connectivity index (χ0v) is 16.3. The Labute approximate surface area is 178 Å². The third kappa shape index (κ3) is 3.63. The van der Waals surface area contributed by atoms with E-state index >= 15 is 0 Å². The van der Waals surface area contributed by atoms with Gasteiger partial charge in [-0.15, -0.1) is 0 Å². The molecule has 0 radical (unpaired) electrons. The second kappa shape index (κ2) is 8.13. The molecule has 0 spiro atoms. The van der Waals surface area contributed by atoms with Gasteiger partial charge in [-0.2, -0.15) is 5.26 Å². The second-order valence-corrected chi connectivity index (χ2v) is 6.99. The van der Waals surface area contributed by atoms with Crippen molar-refractivity contribution in [3.63, 3.8) is 0 Å². The molecular formula is C24H17N3O4. The fourth-order valence-electron chi connectivity index (χ4n) is 3.73. The first-order valence-corrected chi connectivity index (χ1v) is 9.50. The molecule has 4 rings (SSSR count). The maximum Gasteiger partial charge on any atom is 0.269 e. The van der Waals surface area contributed by atoms with E-state index < -0.39 is 16.4 Å². The molecule has 2 atom stereocenters. The third-order valence-corrected chi connectivity index (χ3v) is 5.23. The van der Waals surface area contributed by atoms with Crippen LogP contribution in [0, 0.1) is 27.4 Å². The van der Waals surface area contributed by atoms with Crippen molar-refractivity contribution in [3.8, 4) is 17.6 Å². The Morgan fingerprint density at radius 1 is 0.935 bits per heavy atom. The standard InChI is InChI=1S/C24H17N3O4/c25-16-22-23(28)14-15-26-24(22,17-6-10-19(11-7-17)27(29)30)18-8-12-21(13-9-18)31-20-4-2-1-3-5-20/h1-15,22,26H. The van der Waals surface area contributed by atoms with Crippen LogP contribution in [-0.2, 0) is 10.3 Å². The van der Waals surface area contributed by atoms with E-state index in [2.05, 4.69) is 11.4 Å². The number of allylic oxidation sites excluding steroid dienone is 1. The zero-order valence-electron chi connectivity index (χ0n) is 16.3. The topological polar surface area (TPSA) is 105 Å². The monoisotopic (exact) mass is 411 g/mol. The molecule has 2 unspecified atom stereocenters. The predicted molar refractivity (Wildman–Crippen MR) is 113 cm³/mol. The number of rotatable bonds is 5. The van der Waals surface area contributed by atoms with Gasteiger partial charge in [-0.3, -0.25) is 14.9 Å². The SMILES string of the molecule is N#CC1C(=O)C=CNC1(c1ccc(Oc2ccccc2)cc1)c1ccc([N+](=O)[O-])cc1. The van der Waals surface area contributed by atoms with Crippen LogP contribution in [0.4, 0.5) is 5.69 Å². The van der Waals surface area contributed by atoms with Crippen molar-refractivity contribution in [1.82, 2.24) is 5.32 Å². The number of carbonyl (C=O) groups is 1. The molecule has 1 aliphatic rings. The van der Waals surface area contributed by atoms with Crippen LogP contribution in [-0.4, -0.2) is 10.7 Å². The Kier molecular flexibility index (Phi) is 5.21. The highest BCUT2D eigenvalue weighted by Gasteiger charge is 2.47. The quantitative estimate of drug-likeness (QED) is 0.491. The largest absolute Gasteiger partial charge is 0.457 e. The number of para-hydroxylation sites is 1. The number of non-ortho nitro benzene ring substituents is 1. The lowest BCUT2D eigenvalue weighted by Crippen LogP contribution is -2.51. The Morgan fingerprint density at radius 3 is 2.10 bits per heavy atom.